The van der Waals surface area contributed by atoms with Crippen molar-refractivity contribution in [3.8, 4) is 0 Å². The van der Waals surface area contributed by atoms with Crippen LogP contribution in [0.15, 0.2) is 43.0 Å². The molecule has 0 aliphatic carbocycles. The number of amides is 2. The van der Waals surface area contributed by atoms with Crippen LogP contribution in [-0.4, -0.2) is 44.0 Å². The molecule has 6 nitrogen and oxygen atoms in total. The van der Waals surface area contributed by atoms with Crippen molar-refractivity contribution in [2.45, 2.75) is 12.8 Å². The molecule has 0 aromatic heterocycles. The molecule has 0 bridgehead atoms. The van der Waals surface area contributed by atoms with Crippen molar-refractivity contribution < 1.29 is 18.0 Å². The minimum Gasteiger partial charge on any atom is -0.339 e. The monoisotopic (exact) mass is 336 g/mol. The van der Waals surface area contributed by atoms with E-state index in [-0.39, 0.29) is 11.7 Å². The standard InChI is InChI=1S/C16H20N2O4S/c1-2-12-23(21,22)17-15(19)13-8-10-18(11-9-13)16(20)14-6-4-3-5-7-14/h2-7,13H,1,8-12H2,(H,17,19). The fraction of sp³-hybridized carbons (Fsp3) is 0.375. The van der Waals surface area contributed by atoms with Crippen LogP contribution in [0.1, 0.15) is 23.2 Å². The zero-order valence-electron chi connectivity index (χ0n) is 12.8. The highest BCUT2D eigenvalue weighted by molar-refractivity contribution is 7.90. The van der Waals surface area contributed by atoms with Crippen molar-refractivity contribution in [3.63, 3.8) is 0 Å². The Morgan fingerprint density at radius 2 is 1.83 bits per heavy atom. The second-order valence-corrected chi connectivity index (χ2v) is 7.24. The third-order valence-electron chi connectivity index (χ3n) is 3.77. The Balaban J connectivity index is 1.90. The number of piperidine rings is 1. The van der Waals surface area contributed by atoms with Gasteiger partial charge in [-0.25, -0.2) is 8.42 Å². The predicted molar refractivity (Wildman–Crippen MR) is 87.2 cm³/mol. The Morgan fingerprint density at radius 3 is 2.39 bits per heavy atom. The van der Waals surface area contributed by atoms with Gasteiger partial charge in [0.2, 0.25) is 15.9 Å². The van der Waals surface area contributed by atoms with Crippen LogP contribution in [-0.2, 0) is 14.8 Å². The first-order valence-electron chi connectivity index (χ1n) is 7.42. The molecule has 1 aliphatic heterocycles. The van der Waals surface area contributed by atoms with Gasteiger partial charge in [-0.1, -0.05) is 24.3 Å². The summed E-state index contributed by atoms with van der Waals surface area (Å²) in [6.45, 7) is 4.22. The van der Waals surface area contributed by atoms with Gasteiger partial charge >= 0.3 is 0 Å². The normalized spacial score (nSPS) is 15.9. The molecule has 0 unspecified atom stereocenters. The van der Waals surface area contributed by atoms with E-state index in [2.05, 4.69) is 11.3 Å². The van der Waals surface area contributed by atoms with Gasteiger partial charge in [0, 0.05) is 24.6 Å². The Kier molecular flexibility index (Phi) is 5.54. The molecule has 1 N–H and O–H groups in total. The molecule has 1 heterocycles. The zero-order chi connectivity index (χ0) is 16.9. The van der Waals surface area contributed by atoms with Crippen molar-refractivity contribution in [2.24, 2.45) is 5.92 Å². The smallest absolute Gasteiger partial charge is 0.253 e. The third-order valence-corrected chi connectivity index (χ3v) is 4.95. The van der Waals surface area contributed by atoms with E-state index in [4.69, 9.17) is 0 Å². The van der Waals surface area contributed by atoms with Crippen molar-refractivity contribution in [1.29, 1.82) is 0 Å². The summed E-state index contributed by atoms with van der Waals surface area (Å²) in [5.74, 6) is -1.25. The first-order valence-corrected chi connectivity index (χ1v) is 9.08. The maximum Gasteiger partial charge on any atom is 0.253 e. The predicted octanol–water partition coefficient (Wildman–Crippen LogP) is 1.17. The van der Waals surface area contributed by atoms with Gasteiger partial charge in [-0.2, -0.15) is 0 Å². The summed E-state index contributed by atoms with van der Waals surface area (Å²) in [6.07, 6.45) is 2.14. The number of carbonyl (C=O) groups is 2. The Labute approximate surface area is 136 Å². The van der Waals surface area contributed by atoms with Gasteiger partial charge in [0.1, 0.15) is 0 Å². The number of rotatable bonds is 5. The fourth-order valence-electron chi connectivity index (χ4n) is 2.54. The molecule has 2 amide bonds. The quantitative estimate of drug-likeness (QED) is 0.818. The lowest BCUT2D eigenvalue weighted by Gasteiger charge is -2.31. The Bertz CT molecular complexity index is 677. The first kappa shape index (κ1) is 17.2. The third kappa shape index (κ3) is 4.66. The maximum absolute atomic E-state index is 12.3. The second-order valence-electron chi connectivity index (χ2n) is 5.47. The minimum absolute atomic E-state index is 0.0660. The number of sulfonamides is 1. The van der Waals surface area contributed by atoms with Gasteiger partial charge in [0.15, 0.2) is 0 Å². The van der Waals surface area contributed by atoms with Crippen molar-refractivity contribution in [1.82, 2.24) is 9.62 Å². The lowest BCUT2D eigenvalue weighted by Crippen LogP contribution is -2.44. The average molecular weight is 336 g/mol. The van der Waals surface area contributed by atoms with Gasteiger partial charge < -0.3 is 4.90 Å². The maximum atomic E-state index is 12.3. The highest BCUT2D eigenvalue weighted by Gasteiger charge is 2.29. The summed E-state index contributed by atoms with van der Waals surface area (Å²) in [6, 6.07) is 8.96. The highest BCUT2D eigenvalue weighted by Crippen LogP contribution is 2.19. The van der Waals surface area contributed by atoms with Crippen LogP contribution in [0.2, 0.25) is 0 Å². The molecule has 124 valence electrons. The van der Waals surface area contributed by atoms with Crippen LogP contribution < -0.4 is 4.72 Å². The van der Waals surface area contributed by atoms with E-state index in [0.29, 0.717) is 31.5 Å². The molecule has 1 saturated heterocycles. The summed E-state index contributed by atoms with van der Waals surface area (Å²) >= 11 is 0. The molecule has 2 rings (SSSR count). The van der Waals surface area contributed by atoms with Crippen molar-refractivity contribution >= 4 is 21.8 Å². The zero-order valence-corrected chi connectivity index (χ0v) is 13.6. The number of benzene rings is 1. The SMILES string of the molecule is C=CCS(=O)(=O)NC(=O)C1CCN(C(=O)c2ccccc2)CC1. The first-order chi connectivity index (χ1) is 10.9. The lowest BCUT2D eigenvalue weighted by molar-refractivity contribution is -0.124. The lowest BCUT2D eigenvalue weighted by atomic mass is 9.96. The molecular weight excluding hydrogens is 316 g/mol. The van der Waals surface area contributed by atoms with Crippen LogP contribution in [0.5, 0.6) is 0 Å². The highest BCUT2D eigenvalue weighted by atomic mass is 32.2. The summed E-state index contributed by atoms with van der Waals surface area (Å²) in [7, 11) is -3.65. The van der Waals surface area contributed by atoms with Gasteiger partial charge in [-0.3, -0.25) is 14.3 Å². The molecule has 7 heteroatoms. The Morgan fingerprint density at radius 1 is 1.22 bits per heavy atom. The molecule has 0 spiro atoms. The number of nitrogens with one attached hydrogen (secondary N) is 1. The molecule has 0 radical (unpaired) electrons. The molecule has 1 fully saturated rings. The summed E-state index contributed by atoms with van der Waals surface area (Å²) in [5.41, 5.74) is 0.615. The van der Waals surface area contributed by atoms with Crippen LogP contribution >= 0.6 is 0 Å². The van der Waals surface area contributed by atoms with Crippen molar-refractivity contribution in [2.75, 3.05) is 18.8 Å². The van der Waals surface area contributed by atoms with Crippen LogP contribution in [0.4, 0.5) is 0 Å². The summed E-state index contributed by atoms with van der Waals surface area (Å²) < 4.78 is 25.2. The van der Waals surface area contributed by atoms with E-state index in [1.165, 1.54) is 6.08 Å². The van der Waals surface area contributed by atoms with E-state index in [1.54, 1.807) is 29.2 Å². The Hall–Kier alpha value is -2.15. The van der Waals surface area contributed by atoms with Gasteiger partial charge in [0.25, 0.3) is 5.91 Å². The number of hydrogen-bond acceptors (Lipinski definition) is 4. The molecular formula is C16H20N2O4S. The molecule has 1 aromatic rings. The van der Waals surface area contributed by atoms with E-state index in [1.807, 2.05) is 6.07 Å². The molecule has 0 saturated carbocycles. The summed E-state index contributed by atoms with van der Waals surface area (Å²) in [5, 5.41) is 0. The van der Waals surface area contributed by atoms with Crippen LogP contribution in [0.25, 0.3) is 0 Å². The number of nitrogens with zero attached hydrogens (tertiary/aromatic N) is 1. The molecule has 1 aliphatic rings. The van der Waals surface area contributed by atoms with E-state index in [0.717, 1.165) is 0 Å². The molecule has 0 atom stereocenters. The summed E-state index contributed by atoms with van der Waals surface area (Å²) in [4.78, 5) is 26.0. The topological polar surface area (TPSA) is 83.6 Å². The van der Waals surface area contributed by atoms with Gasteiger partial charge in [-0.05, 0) is 25.0 Å². The average Bonchev–Trinajstić information content (AvgIpc) is 2.54. The molecule has 1 aromatic carbocycles. The largest absolute Gasteiger partial charge is 0.339 e. The minimum atomic E-state index is -3.65. The van der Waals surface area contributed by atoms with E-state index < -0.39 is 21.8 Å². The second kappa shape index (κ2) is 7.41. The van der Waals surface area contributed by atoms with Crippen molar-refractivity contribution in [3.05, 3.63) is 48.6 Å². The number of carbonyl (C=O) groups excluding carboxylic acids is 2. The number of likely N-dealkylation sites (tertiary alicyclic amines) is 1. The van der Waals surface area contributed by atoms with Gasteiger partial charge in [0.05, 0.1) is 5.75 Å². The van der Waals surface area contributed by atoms with Crippen LogP contribution in [0, 0.1) is 5.92 Å². The number of hydrogen-bond donors (Lipinski definition) is 1. The van der Waals surface area contributed by atoms with Crippen LogP contribution in [0.3, 0.4) is 0 Å². The van der Waals surface area contributed by atoms with E-state index in [9.17, 15) is 18.0 Å². The van der Waals surface area contributed by atoms with E-state index >= 15 is 0 Å². The molecule has 23 heavy (non-hydrogen) atoms. The van der Waals surface area contributed by atoms with Gasteiger partial charge in [-0.15, -0.1) is 6.58 Å². The fourth-order valence-corrected chi connectivity index (χ4v) is 3.41.